The van der Waals surface area contributed by atoms with Gasteiger partial charge in [-0.25, -0.2) is 4.79 Å². The minimum Gasteiger partial charge on any atom is -0.548 e. The Balaban J connectivity index is 0.00000200. The van der Waals surface area contributed by atoms with Crippen molar-refractivity contribution in [2.75, 3.05) is 12.1 Å². The van der Waals surface area contributed by atoms with E-state index >= 15 is 0 Å². The summed E-state index contributed by atoms with van der Waals surface area (Å²) in [6.45, 7) is 1.92. The van der Waals surface area contributed by atoms with Crippen molar-refractivity contribution in [2.24, 2.45) is 5.10 Å². The zero-order chi connectivity index (χ0) is 14.0. The van der Waals surface area contributed by atoms with Crippen LogP contribution in [0.1, 0.15) is 12.0 Å². The molecule has 1 unspecified atom stereocenters. The third kappa shape index (κ3) is 3.39. The van der Waals surface area contributed by atoms with Crippen molar-refractivity contribution in [2.45, 2.75) is 19.4 Å². The van der Waals surface area contributed by atoms with Gasteiger partial charge in [0.05, 0.1) is 24.8 Å². The molecule has 6 nitrogen and oxygen atoms in total. The second-order valence-corrected chi connectivity index (χ2v) is 4.26. The number of hydrogen-bond donors (Lipinski definition) is 0. The number of hydrazone groups is 1. The van der Waals surface area contributed by atoms with Crippen LogP contribution in [0.5, 0.6) is 0 Å². The molecule has 0 spiro atoms. The van der Waals surface area contributed by atoms with Crippen molar-refractivity contribution < 1.29 is 49.0 Å². The predicted molar refractivity (Wildman–Crippen MR) is 66.5 cm³/mol. The molecule has 0 aliphatic carbocycles. The summed E-state index contributed by atoms with van der Waals surface area (Å²) in [7, 11) is 1.23. The van der Waals surface area contributed by atoms with Gasteiger partial charge in [-0.05, 0) is 19.1 Å². The minimum atomic E-state index is -1.27. The molecule has 0 fully saturated rings. The van der Waals surface area contributed by atoms with Crippen molar-refractivity contribution in [1.82, 2.24) is 0 Å². The van der Waals surface area contributed by atoms with Gasteiger partial charge in [-0.1, -0.05) is 17.7 Å². The van der Waals surface area contributed by atoms with E-state index < -0.39 is 18.0 Å². The van der Waals surface area contributed by atoms with Crippen LogP contribution in [-0.4, -0.2) is 30.8 Å². The molecule has 20 heavy (non-hydrogen) atoms. The molecule has 0 radical (unpaired) electrons. The van der Waals surface area contributed by atoms with Gasteiger partial charge in [-0.15, -0.1) is 0 Å². The Morgan fingerprint density at radius 2 is 1.95 bits per heavy atom. The van der Waals surface area contributed by atoms with Crippen molar-refractivity contribution >= 4 is 23.3 Å². The smallest absolute Gasteiger partial charge is 0.548 e. The number of rotatable bonds is 3. The van der Waals surface area contributed by atoms with Crippen LogP contribution in [0.25, 0.3) is 0 Å². The summed E-state index contributed by atoms with van der Waals surface area (Å²) >= 11 is 0. The average Bonchev–Trinajstić information content (AvgIpc) is 2.84. The fourth-order valence-corrected chi connectivity index (χ4v) is 1.87. The first kappa shape index (κ1) is 16.7. The molecule has 1 aromatic rings. The van der Waals surface area contributed by atoms with Gasteiger partial charge >= 0.3 is 35.5 Å². The third-order valence-corrected chi connectivity index (χ3v) is 2.90. The second kappa shape index (κ2) is 6.88. The van der Waals surface area contributed by atoms with Crippen LogP contribution in [0.2, 0.25) is 0 Å². The van der Waals surface area contributed by atoms with Gasteiger partial charge in [0.25, 0.3) is 0 Å². The van der Waals surface area contributed by atoms with E-state index in [1.54, 1.807) is 12.1 Å². The number of anilines is 1. The number of carboxylic acids is 1. The molecule has 1 aromatic carbocycles. The molecule has 1 aliphatic heterocycles. The molecule has 0 bridgehead atoms. The summed E-state index contributed by atoms with van der Waals surface area (Å²) in [6, 6.07) is 6.18. The molecule has 2 rings (SSSR count). The van der Waals surface area contributed by atoms with E-state index in [1.807, 2.05) is 19.1 Å². The summed E-state index contributed by atoms with van der Waals surface area (Å²) in [5.41, 5.74) is 1.72. The van der Waals surface area contributed by atoms with Crippen molar-refractivity contribution in [3.63, 3.8) is 0 Å². The van der Waals surface area contributed by atoms with Gasteiger partial charge in [0.1, 0.15) is 5.71 Å². The number of carbonyl (C=O) groups excluding carboxylic acids is 2. The van der Waals surface area contributed by atoms with Gasteiger partial charge in [0, 0.05) is 6.42 Å². The molecule has 7 heteroatoms. The van der Waals surface area contributed by atoms with E-state index in [2.05, 4.69) is 9.84 Å². The summed E-state index contributed by atoms with van der Waals surface area (Å²) in [5.74, 6) is -1.90. The monoisotopic (exact) mass is 284 g/mol. The second-order valence-electron chi connectivity index (χ2n) is 4.26. The van der Waals surface area contributed by atoms with Gasteiger partial charge in [0.15, 0.2) is 0 Å². The van der Waals surface area contributed by atoms with E-state index in [4.69, 9.17) is 0 Å². The van der Waals surface area contributed by atoms with Crippen LogP contribution >= 0.6 is 0 Å². The largest absolute Gasteiger partial charge is 1.00 e. The number of methoxy groups -OCH3 is 1. The van der Waals surface area contributed by atoms with Gasteiger partial charge in [-0.2, -0.15) is 5.10 Å². The zero-order valence-corrected chi connectivity index (χ0v) is 13.6. The first-order chi connectivity index (χ1) is 9.02. The maximum absolute atomic E-state index is 11.4. The maximum Gasteiger partial charge on any atom is 1.00 e. The van der Waals surface area contributed by atoms with Gasteiger partial charge in [0.2, 0.25) is 0 Å². The Labute approximate surface area is 138 Å². The minimum absolute atomic E-state index is 0. The fourth-order valence-electron chi connectivity index (χ4n) is 1.87. The number of benzene rings is 1. The quantitative estimate of drug-likeness (QED) is 0.433. The SMILES string of the molecule is COC(=O)C1=NN(c2ccc(C)cc2)C(C(=O)[O-])C1.[Na+]. The first-order valence-corrected chi connectivity index (χ1v) is 5.75. The van der Waals surface area contributed by atoms with Gasteiger partial charge < -0.3 is 14.6 Å². The van der Waals surface area contributed by atoms with Crippen LogP contribution in [-0.2, 0) is 14.3 Å². The van der Waals surface area contributed by atoms with Crippen molar-refractivity contribution in [3.05, 3.63) is 29.8 Å². The Hall–Kier alpha value is -1.37. The number of esters is 1. The standard InChI is InChI=1S/C13H14N2O4.Na/c1-8-3-5-9(6-4-8)15-11(12(16)17)7-10(14-15)13(18)19-2;/h3-6,11H,7H2,1-2H3,(H,16,17);/q;+1/p-1. The third-order valence-electron chi connectivity index (χ3n) is 2.90. The molecule has 0 saturated carbocycles. The first-order valence-electron chi connectivity index (χ1n) is 5.75. The summed E-state index contributed by atoms with van der Waals surface area (Å²) in [6.07, 6.45) is -0.0249. The number of aliphatic carboxylic acids is 1. The molecule has 0 saturated heterocycles. The van der Waals surface area contributed by atoms with Crippen molar-refractivity contribution in [3.8, 4) is 0 Å². The maximum atomic E-state index is 11.4. The summed E-state index contributed by atoms with van der Waals surface area (Å²) < 4.78 is 4.56. The Morgan fingerprint density at radius 1 is 1.35 bits per heavy atom. The van der Waals surface area contributed by atoms with Gasteiger partial charge in [-0.3, -0.25) is 5.01 Å². The van der Waals surface area contributed by atoms with Crippen LogP contribution in [0.15, 0.2) is 29.4 Å². The number of carboxylic acid groups (broad SMARTS) is 1. The number of ether oxygens (including phenoxy) is 1. The van der Waals surface area contributed by atoms with E-state index in [-0.39, 0.29) is 41.7 Å². The molecular formula is C13H13N2NaO4. The molecule has 0 amide bonds. The van der Waals surface area contributed by atoms with E-state index in [9.17, 15) is 14.7 Å². The number of aryl methyl sites for hydroxylation is 1. The Kier molecular flexibility index (Phi) is 5.74. The van der Waals surface area contributed by atoms with E-state index in [0.29, 0.717) is 5.69 Å². The molecule has 1 aliphatic rings. The zero-order valence-electron chi connectivity index (χ0n) is 11.6. The van der Waals surface area contributed by atoms with E-state index in [0.717, 1.165) is 5.56 Å². The van der Waals surface area contributed by atoms with Crippen LogP contribution < -0.4 is 39.7 Å². The normalized spacial score (nSPS) is 17.2. The van der Waals surface area contributed by atoms with Crippen LogP contribution in [0, 0.1) is 6.92 Å². The number of nitrogens with zero attached hydrogens (tertiary/aromatic N) is 2. The number of hydrogen-bond acceptors (Lipinski definition) is 6. The summed E-state index contributed by atoms with van der Waals surface area (Å²) in [4.78, 5) is 22.6. The van der Waals surface area contributed by atoms with Crippen molar-refractivity contribution in [1.29, 1.82) is 0 Å². The van der Waals surface area contributed by atoms with Crippen LogP contribution in [0.4, 0.5) is 5.69 Å². The number of carbonyl (C=O) groups is 2. The molecule has 0 aromatic heterocycles. The predicted octanol–water partition coefficient (Wildman–Crippen LogP) is -3.14. The molecular weight excluding hydrogens is 271 g/mol. The fraction of sp³-hybridized carbons (Fsp3) is 0.308. The Bertz CT molecular complexity index is 542. The average molecular weight is 284 g/mol. The topological polar surface area (TPSA) is 82.0 Å². The summed E-state index contributed by atoms with van der Waals surface area (Å²) in [5, 5.41) is 16.4. The van der Waals surface area contributed by atoms with E-state index in [1.165, 1.54) is 12.1 Å². The van der Waals surface area contributed by atoms with Crippen LogP contribution in [0.3, 0.4) is 0 Å². The molecule has 0 N–H and O–H groups in total. The molecule has 1 heterocycles. The molecule has 100 valence electrons. The Morgan fingerprint density at radius 3 is 2.45 bits per heavy atom. The molecule has 1 atom stereocenters.